The second kappa shape index (κ2) is 12.7. The number of nitrogens with two attached hydrogens (primary N) is 2. The van der Waals surface area contributed by atoms with Gasteiger partial charge in [0.1, 0.15) is 22.0 Å². The Morgan fingerprint density at radius 3 is 2.22 bits per heavy atom. The highest BCUT2D eigenvalue weighted by atomic mass is 32.2. The molecule has 0 aliphatic carbocycles. The molecule has 0 saturated heterocycles. The second-order valence-corrected chi connectivity index (χ2v) is 11.6. The lowest BCUT2D eigenvalue weighted by Crippen LogP contribution is -2.10. The van der Waals surface area contributed by atoms with Crippen molar-refractivity contribution < 1.29 is 40.8 Å². The van der Waals surface area contributed by atoms with Crippen molar-refractivity contribution in [2.75, 3.05) is 30.4 Å². The summed E-state index contributed by atoms with van der Waals surface area (Å²) in [5.74, 6) is -1.27. The zero-order chi connectivity index (χ0) is 30.4. The molecule has 0 aliphatic rings. The van der Waals surface area contributed by atoms with Gasteiger partial charge in [-0.15, -0.1) is 20.5 Å². The van der Waals surface area contributed by atoms with Gasteiger partial charge in [-0.05, 0) is 43.3 Å². The van der Waals surface area contributed by atoms with E-state index in [1.807, 2.05) is 0 Å². The third-order valence-electron chi connectivity index (χ3n) is 5.37. The highest BCUT2D eigenvalue weighted by molar-refractivity contribution is 7.91. The summed E-state index contributed by atoms with van der Waals surface area (Å²) in [7, 11) is -8.88. The summed E-state index contributed by atoms with van der Waals surface area (Å²) in [5, 5.41) is 24.6. The van der Waals surface area contributed by atoms with Crippen LogP contribution in [0.5, 0.6) is 0 Å². The molecule has 15 nitrogen and oxygen atoms in total. The van der Waals surface area contributed by atoms with Gasteiger partial charge < -0.3 is 21.3 Å². The van der Waals surface area contributed by atoms with Crippen LogP contribution < -0.4 is 11.5 Å². The van der Waals surface area contributed by atoms with Crippen LogP contribution in [-0.2, 0) is 24.7 Å². The summed E-state index contributed by atoms with van der Waals surface area (Å²) in [6.45, 7) is 1.07. The zero-order valence-corrected chi connectivity index (χ0v) is 23.0. The fourth-order valence-corrected chi connectivity index (χ4v) is 5.04. The predicted octanol–water partition coefficient (Wildman–Crippen LogP) is 3.68. The number of anilines is 2. The monoisotopic (exact) mass is 604 g/mol. The van der Waals surface area contributed by atoms with E-state index in [0.717, 1.165) is 24.3 Å². The van der Waals surface area contributed by atoms with Gasteiger partial charge in [-0.25, -0.2) is 13.2 Å². The largest absolute Gasteiger partial charge is 0.462 e. The average molecular weight is 605 g/mol. The van der Waals surface area contributed by atoms with E-state index in [4.69, 9.17) is 21.3 Å². The maximum absolute atomic E-state index is 12.4. The molecular formula is C24H24N6O9S2. The Morgan fingerprint density at radius 1 is 0.927 bits per heavy atom. The van der Waals surface area contributed by atoms with Crippen LogP contribution in [0.1, 0.15) is 27.6 Å². The summed E-state index contributed by atoms with van der Waals surface area (Å²) < 4.78 is 63.5. The van der Waals surface area contributed by atoms with E-state index in [0.29, 0.717) is 6.29 Å². The molecule has 0 spiro atoms. The molecule has 3 rings (SSSR count). The number of nitrogens with zero attached hydrogens (tertiary/aromatic N) is 4. The number of aldehydes is 1. The number of hydrogen-bond acceptors (Lipinski definition) is 14. The Kier molecular flexibility index (Phi) is 9.61. The lowest BCUT2D eigenvalue weighted by molar-refractivity contribution is 0.0527. The molecule has 0 aliphatic heterocycles. The fourth-order valence-electron chi connectivity index (χ4n) is 3.36. The second-order valence-electron chi connectivity index (χ2n) is 8.06. The number of hydrogen-bond donors (Lipinski definition) is 4. The Hall–Kier alpha value is -4.58. The molecule has 0 bridgehead atoms. The number of ether oxygens (including phenoxy) is 1. The van der Waals surface area contributed by atoms with E-state index < -0.39 is 54.6 Å². The topological polar surface area (TPSA) is 254 Å². The quantitative estimate of drug-likeness (QED) is 0.0806. The number of sulfone groups is 1. The fraction of sp³-hybridized carbons (Fsp3) is 0.167. The molecule has 41 heavy (non-hydrogen) atoms. The molecule has 0 saturated carbocycles. The maximum Gasteiger partial charge on any atom is 0.340 e. The van der Waals surface area contributed by atoms with Crippen molar-refractivity contribution in [3.63, 3.8) is 0 Å². The van der Waals surface area contributed by atoms with Crippen LogP contribution >= 0.6 is 0 Å². The summed E-state index contributed by atoms with van der Waals surface area (Å²) in [5.41, 5.74) is 10.0. The van der Waals surface area contributed by atoms with Crippen LogP contribution in [0.3, 0.4) is 0 Å². The highest BCUT2D eigenvalue weighted by Crippen LogP contribution is 2.43. The molecule has 0 radical (unpaired) electrons. The SMILES string of the molecule is CCOC(=O)c1ccccc1/N=N/c1cc(S(=O)(=O)O)c(N)c(/N=N/c2cc(S(=O)(=O)CCO)ccc2C=O)c1N. The summed E-state index contributed by atoms with van der Waals surface area (Å²) in [6, 6.07) is 10.1. The maximum atomic E-state index is 12.4. The van der Waals surface area contributed by atoms with Crippen molar-refractivity contribution >= 4 is 66.3 Å². The van der Waals surface area contributed by atoms with Crippen molar-refractivity contribution in [3.05, 3.63) is 59.7 Å². The minimum atomic E-state index is -4.95. The molecule has 3 aromatic rings. The van der Waals surface area contributed by atoms with Crippen LogP contribution in [0.4, 0.5) is 34.1 Å². The van der Waals surface area contributed by atoms with Crippen LogP contribution in [0, 0.1) is 0 Å². The summed E-state index contributed by atoms with van der Waals surface area (Å²) >= 11 is 0. The van der Waals surface area contributed by atoms with Crippen molar-refractivity contribution in [3.8, 4) is 0 Å². The molecule has 17 heteroatoms. The van der Waals surface area contributed by atoms with Crippen molar-refractivity contribution in [1.29, 1.82) is 0 Å². The zero-order valence-electron chi connectivity index (χ0n) is 21.3. The first-order valence-electron chi connectivity index (χ1n) is 11.6. The molecule has 0 unspecified atom stereocenters. The lowest BCUT2D eigenvalue weighted by Gasteiger charge is -2.11. The first-order chi connectivity index (χ1) is 19.3. The van der Waals surface area contributed by atoms with Crippen LogP contribution in [0.2, 0.25) is 0 Å². The predicted molar refractivity (Wildman–Crippen MR) is 147 cm³/mol. The number of nitrogen functional groups attached to an aromatic ring is 2. The summed E-state index contributed by atoms with van der Waals surface area (Å²) in [6.07, 6.45) is 0.374. The Bertz CT molecular complexity index is 1770. The number of azo groups is 2. The lowest BCUT2D eigenvalue weighted by atomic mass is 10.2. The van der Waals surface area contributed by atoms with Gasteiger partial charge in [-0.3, -0.25) is 9.35 Å². The van der Waals surface area contributed by atoms with Crippen molar-refractivity contribution in [2.45, 2.75) is 16.7 Å². The molecule has 0 aromatic heterocycles. The first-order valence-corrected chi connectivity index (χ1v) is 14.6. The van der Waals surface area contributed by atoms with Gasteiger partial charge in [0.05, 0.1) is 46.5 Å². The number of aliphatic hydroxyl groups excluding tert-OH is 1. The number of benzene rings is 3. The van der Waals surface area contributed by atoms with E-state index in [1.54, 1.807) is 19.1 Å². The minimum absolute atomic E-state index is 0.0512. The average Bonchev–Trinajstić information content (AvgIpc) is 2.92. The normalized spacial score (nSPS) is 12.2. The molecule has 0 atom stereocenters. The van der Waals surface area contributed by atoms with E-state index in [2.05, 4.69) is 20.5 Å². The van der Waals surface area contributed by atoms with Crippen LogP contribution in [-0.4, -0.2) is 57.7 Å². The van der Waals surface area contributed by atoms with Gasteiger partial charge in [-0.2, -0.15) is 8.42 Å². The first kappa shape index (κ1) is 31.0. The molecule has 0 fully saturated rings. The molecule has 6 N–H and O–H groups in total. The van der Waals surface area contributed by atoms with Gasteiger partial charge in [0, 0.05) is 5.56 Å². The van der Waals surface area contributed by atoms with Crippen LogP contribution in [0.15, 0.2) is 78.8 Å². The molecular weight excluding hydrogens is 580 g/mol. The number of carbonyl (C=O) groups excluding carboxylic acids is 2. The van der Waals surface area contributed by atoms with Crippen molar-refractivity contribution in [2.24, 2.45) is 20.5 Å². The Morgan fingerprint density at radius 2 is 1.59 bits per heavy atom. The number of esters is 1. The minimum Gasteiger partial charge on any atom is -0.462 e. The van der Waals surface area contributed by atoms with E-state index in [-0.39, 0.29) is 45.4 Å². The van der Waals surface area contributed by atoms with Gasteiger partial charge in [-0.1, -0.05) is 12.1 Å². The van der Waals surface area contributed by atoms with E-state index >= 15 is 0 Å². The van der Waals surface area contributed by atoms with Gasteiger partial charge in [0.25, 0.3) is 10.1 Å². The number of rotatable bonds is 11. The number of aliphatic hydroxyl groups is 1. The third kappa shape index (κ3) is 7.14. The highest BCUT2D eigenvalue weighted by Gasteiger charge is 2.23. The van der Waals surface area contributed by atoms with Gasteiger partial charge in [0.2, 0.25) is 0 Å². The van der Waals surface area contributed by atoms with Gasteiger partial charge >= 0.3 is 5.97 Å². The molecule has 3 aromatic carbocycles. The Labute approximate surface area is 234 Å². The molecule has 0 amide bonds. The molecule has 0 heterocycles. The van der Waals surface area contributed by atoms with E-state index in [9.17, 15) is 31.0 Å². The Balaban J connectivity index is 2.18. The van der Waals surface area contributed by atoms with Crippen molar-refractivity contribution in [1.82, 2.24) is 0 Å². The third-order valence-corrected chi connectivity index (χ3v) is 7.95. The van der Waals surface area contributed by atoms with Crippen LogP contribution in [0.25, 0.3) is 0 Å². The standard InChI is InChI=1S/C24H24N6O9S2/c1-2-39-24(33)16-5-3-4-6-17(16)27-29-19-12-20(41(36,37)38)22(26)23(21(19)25)30-28-18-11-15(8-7-14(18)13-32)40(34,35)10-9-31/h3-8,11-13,31H,2,9-10,25-26H2,1H3,(H,36,37,38)/b29-27+,30-28+. The smallest absolute Gasteiger partial charge is 0.340 e. The van der Waals surface area contributed by atoms with E-state index in [1.165, 1.54) is 12.1 Å². The van der Waals surface area contributed by atoms with Gasteiger partial charge in [0.15, 0.2) is 16.1 Å². The molecule has 216 valence electrons. The number of carbonyl (C=O) groups is 2. The summed E-state index contributed by atoms with van der Waals surface area (Å²) in [4.78, 5) is 22.7.